The minimum Gasteiger partial charge on any atom is -0.510 e. The fraction of sp³-hybridized carbons (Fsp3) is 0.200. The molecular formula is C60H50N4OPt-2. The minimum absolute atomic E-state index is 0. The van der Waals surface area contributed by atoms with Gasteiger partial charge < -0.3 is 13.9 Å². The summed E-state index contributed by atoms with van der Waals surface area (Å²) >= 11 is 0. The standard InChI is InChI=1S/C60H50N4O.Pt/c1-58(2,3)38-28-31-61-56(32-38)64-53-24-13-11-20-44(53)46-27-26-41(34-55(46)64)65-40-17-14-16-39(33-40)62-37-63-52-23-12-10-21-45(52)49-36-51-50(59(4,5)29-30-60(51,6)7)35-48(49)43-19-9-8-18-42(43)47-22-15-25-54(62)57(47)63;/h8-28,31-32,35-36H,29-30H2,1-7H3;/q-2;. The van der Waals surface area contributed by atoms with E-state index in [2.05, 4.69) is 208 Å². The van der Waals surface area contributed by atoms with Gasteiger partial charge in [0.25, 0.3) is 6.33 Å². The van der Waals surface area contributed by atoms with Crippen LogP contribution >= 0.6 is 0 Å². The number of hydrogen-bond donors (Lipinski definition) is 0. The zero-order chi connectivity index (χ0) is 44.4. The third-order valence-electron chi connectivity index (χ3n) is 14.2. The number of pyridine rings is 1. The summed E-state index contributed by atoms with van der Waals surface area (Å²) < 4.78 is 13.3. The second-order valence-corrected chi connectivity index (χ2v) is 20.3. The molecule has 0 amide bonds. The molecule has 0 saturated carbocycles. The van der Waals surface area contributed by atoms with Crippen LogP contribution in [0.2, 0.25) is 0 Å². The summed E-state index contributed by atoms with van der Waals surface area (Å²) in [6.45, 7) is 16.4. The van der Waals surface area contributed by atoms with Crippen LogP contribution in [0.15, 0.2) is 152 Å². The van der Waals surface area contributed by atoms with Crippen molar-refractivity contribution in [3.63, 3.8) is 0 Å². The summed E-state index contributed by atoms with van der Waals surface area (Å²) in [5.41, 5.74) is 17.5. The molecule has 2 aliphatic rings. The summed E-state index contributed by atoms with van der Waals surface area (Å²) in [7, 11) is 0. The fourth-order valence-corrected chi connectivity index (χ4v) is 10.6. The van der Waals surface area contributed by atoms with Gasteiger partial charge in [-0.05, 0) is 121 Å². The van der Waals surface area contributed by atoms with Crippen molar-refractivity contribution in [2.45, 2.75) is 77.6 Å². The molecule has 3 aromatic heterocycles. The number of imidazole rings is 1. The van der Waals surface area contributed by atoms with Crippen LogP contribution in [0.3, 0.4) is 0 Å². The van der Waals surface area contributed by atoms with Gasteiger partial charge in [0, 0.05) is 44.3 Å². The number of fused-ring (bicyclic) bond motifs is 11. The van der Waals surface area contributed by atoms with Gasteiger partial charge in [-0.3, -0.25) is 4.57 Å². The SMILES string of the molecule is CC(C)(C)c1ccnc(-n2c3[c-]c(Oc4[c-]c(-n5[c-][n+]6c7c(cccc75)-c5ccccc5-c5cc7c(cc5-c5ccccc5-6)C(C)(C)CCC7(C)C)ccc4)ccc3c3ccccc32)c1.[Pt]. The third-order valence-corrected chi connectivity index (χ3v) is 14.2. The van der Waals surface area contributed by atoms with E-state index in [0.29, 0.717) is 11.5 Å². The van der Waals surface area contributed by atoms with Gasteiger partial charge in [-0.1, -0.05) is 139 Å². The largest absolute Gasteiger partial charge is 0.510 e. The molecule has 0 unspecified atom stereocenters. The number of ether oxygens (including phenoxy) is 1. The van der Waals surface area contributed by atoms with Crippen molar-refractivity contribution in [2.75, 3.05) is 0 Å². The van der Waals surface area contributed by atoms with Crippen LogP contribution in [0, 0.1) is 18.5 Å². The first-order chi connectivity index (χ1) is 31.3. The maximum Gasteiger partial charge on any atom is 0.268 e. The van der Waals surface area contributed by atoms with Gasteiger partial charge in [-0.15, -0.1) is 29.7 Å². The Morgan fingerprint density at radius 1 is 0.591 bits per heavy atom. The number of benzene rings is 7. The Kier molecular flexibility index (Phi) is 9.73. The molecule has 6 heteroatoms. The molecule has 4 heterocycles. The van der Waals surface area contributed by atoms with E-state index in [1.807, 2.05) is 24.4 Å². The molecule has 0 bridgehead atoms. The van der Waals surface area contributed by atoms with Gasteiger partial charge in [-0.2, -0.15) is 18.2 Å². The van der Waals surface area contributed by atoms with Crippen LogP contribution in [-0.2, 0) is 37.3 Å². The molecule has 0 N–H and O–H groups in total. The Labute approximate surface area is 401 Å². The summed E-state index contributed by atoms with van der Waals surface area (Å²) in [6, 6.07) is 59.7. The van der Waals surface area contributed by atoms with Crippen molar-refractivity contribution in [3.8, 4) is 62.1 Å². The predicted molar refractivity (Wildman–Crippen MR) is 264 cm³/mol. The maximum absolute atomic E-state index is 6.69. The first-order valence-electron chi connectivity index (χ1n) is 22.8. The molecule has 1 aliphatic heterocycles. The third kappa shape index (κ3) is 6.61. The molecule has 10 aromatic rings. The van der Waals surface area contributed by atoms with Crippen LogP contribution in [0.25, 0.3) is 83.4 Å². The van der Waals surface area contributed by atoms with Crippen molar-refractivity contribution in [1.82, 2.24) is 14.1 Å². The second kappa shape index (κ2) is 15.3. The van der Waals surface area contributed by atoms with Crippen LogP contribution in [0.4, 0.5) is 0 Å². The molecule has 66 heavy (non-hydrogen) atoms. The summed E-state index contributed by atoms with van der Waals surface area (Å²) in [5, 5.41) is 2.23. The van der Waals surface area contributed by atoms with E-state index in [1.165, 1.54) is 44.5 Å². The van der Waals surface area contributed by atoms with Crippen LogP contribution in [0.5, 0.6) is 11.5 Å². The van der Waals surface area contributed by atoms with Gasteiger partial charge >= 0.3 is 0 Å². The summed E-state index contributed by atoms with van der Waals surface area (Å²) in [4.78, 5) is 4.87. The maximum atomic E-state index is 6.69. The monoisotopic (exact) mass is 1040 g/mol. The molecule has 0 radical (unpaired) electrons. The minimum atomic E-state index is -0.0258. The summed E-state index contributed by atoms with van der Waals surface area (Å²) in [5.74, 6) is 2.04. The van der Waals surface area contributed by atoms with Crippen molar-refractivity contribution in [2.24, 2.45) is 0 Å². The zero-order valence-electron chi connectivity index (χ0n) is 38.4. The topological polar surface area (TPSA) is 35.9 Å². The molecule has 0 spiro atoms. The van der Waals surface area contributed by atoms with Gasteiger partial charge in [0.05, 0.1) is 16.7 Å². The Bertz CT molecular complexity index is 3580. The van der Waals surface area contributed by atoms with Crippen molar-refractivity contribution in [3.05, 3.63) is 187 Å². The van der Waals surface area contributed by atoms with E-state index in [9.17, 15) is 0 Å². The van der Waals surface area contributed by atoms with E-state index in [4.69, 9.17) is 9.72 Å². The first kappa shape index (κ1) is 42.1. The van der Waals surface area contributed by atoms with Gasteiger partial charge in [0.2, 0.25) is 0 Å². The molecule has 0 saturated heterocycles. The number of hydrogen-bond acceptors (Lipinski definition) is 2. The Balaban J connectivity index is 0.00000481. The van der Waals surface area contributed by atoms with Crippen LogP contribution in [-0.4, -0.2) is 14.1 Å². The van der Waals surface area contributed by atoms with Crippen molar-refractivity contribution < 1.29 is 30.4 Å². The Morgan fingerprint density at radius 3 is 1.97 bits per heavy atom. The fourth-order valence-electron chi connectivity index (χ4n) is 10.6. The molecule has 5 nitrogen and oxygen atoms in total. The number of aromatic nitrogens is 4. The van der Waals surface area contributed by atoms with Gasteiger partial charge in [0.15, 0.2) is 0 Å². The van der Waals surface area contributed by atoms with E-state index in [1.54, 1.807) is 0 Å². The molecule has 328 valence electrons. The first-order valence-corrected chi connectivity index (χ1v) is 22.8. The Morgan fingerprint density at radius 2 is 1.21 bits per heavy atom. The molecule has 7 aromatic carbocycles. The van der Waals surface area contributed by atoms with E-state index in [-0.39, 0.29) is 37.3 Å². The summed E-state index contributed by atoms with van der Waals surface area (Å²) in [6.07, 6.45) is 8.07. The average molecular weight is 1040 g/mol. The normalized spacial score (nSPS) is 14.6. The Hall–Kier alpha value is -6.55. The average Bonchev–Trinajstić information content (AvgIpc) is 3.87. The van der Waals surface area contributed by atoms with E-state index < -0.39 is 0 Å². The van der Waals surface area contributed by atoms with E-state index in [0.717, 1.165) is 68.4 Å². The van der Waals surface area contributed by atoms with Gasteiger partial charge in [0.1, 0.15) is 5.82 Å². The smallest absolute Gasteiger partial charge is 0.268 e. The molecular weight excluding hydrogens is 988 g/mol. The number of rotatable bonds is 4. The molecule has 12 rings (SSSR count). The predicted octanol–water partition coefficient (Wildman–Crippen LogP) is 14.6. The van der Waals surface area contributed by atoms with Gasteiger partial charge in [-0.25, -0.2) is 4.98 Å². The van der Waals surface area contributed by atoms with E-state index >= 15 is 0 Å². The van der Waals surface area contributed by atoms with Crippen molar-refractivity contribution >= 4 is 32.8 Å². The van der Waals surface area contributed by atoms with Crippen molar-refractivity contribution in [1.29, 1.82) is 0 Å². The molecule has 0 fully saturated rings. The second-order valence-electron chi connectivity index (χ2n) is 20.3. The number of para-hydroxylation sites is 3. The molecule has 1 aliphatic carbocycles. The quantitative estimate of drug-likeness (QED) is 0.130. The molecule has 0 atom stereocenters. The number of nitrogens with zero attached hydrogens (tertiary/aromatic N) is 4. The van der Waals surface area contributed by atoms with Crippen LogP contribution < -0.4 is 9.30 Å². The zero-order valence-corrected chi connectivity index (χ0v) is 40.6. The van der Waals surface area contributed by atoms with Crippen LogP contribution in [0.1, 0.15) is 78.0 Å².